The summed E-state index contributed by atoms with van der Waals surface area (Å²) in [7, 11) is 1.26. The quantitative estimate of drug-likeness (QED) is 0.208. The first-order chi connectivity index (χ1) is 12.2. The molecule has 0 aromatic heterocycles. The zero-order chi connectivity index (χ0) is 19.9. The van der Waals surface area contributed by atoms with E-state index in [1.807, 2.05) is 21.1 Å². The number of likely N-dealkylation sites (N-methyl/N-ethyl adjacent to an activating group) is 1. The van der Waals surface area contributed by atoms with Crippen LogP contribution in [-0.4, -0.2) is 44.7 Å². The number of quaternary nitrogens is 1. The Hall–Kier alpha value is -0.420. The van der Waals surface area contributed by atoms with Crippen molar-refractivity contribution in [3.8, 4) is 0 Å². The zero-order valence-electron chi connectivity index (χ0n) is 17.3. The van der Waals surface area contributed by atoms with Crippen LogP contribution >= 0.6 is 7.82 Å². The third-order valence-corrected chi connectivity index (χ3v) is 5.14. The molecule has 0 amide bonds. The van der Waals surface area contributed by atoms with E-state index in [0.29, 0.717) is 17.4 Å². The average molecular weight is 394 g/mol. The predicted molar refractivity (Wildman–Crippen MR) is 104 cm³/mol. The topological polar surface area (TPSA) is 75.7 Å². The van der Waals surface area contributed by atoms with Crippen LogP contribution in [-0.2, 0) is 18.4 Å². The van der Waals surface area contributed by atoms with Gasteiger partial charge in [-0.25, -0.2) is 0 Å². The van der Waals surface area contributed by atoms with E-state index >= 15 is 0 Å². The Morgan fingerprint density at radius 2 is 1.35 bits per heavy atom. The molecule has 0 N–H and O–H groups in total. The molecular weight excluding hydrogens is 353 g/mol. The second-order valence-electron chi connectivity index (χ2n) is 8.04. The van der Waals surface area contributed by atoms with Gasteiger partial charge in [0.15, 0.2) is 0 Å². The van der Waals surface area contributed by atoms with Gasteiger partial charge in [-0.2, -0.15) is 0 Å². The normalized spacial score (nSPS) is 14.2. The van der Waals surface area contributed by atoms with Crippen molar-refractivity contribution in [3.05, 3.63) is 0 Å². The summed E-state index contributed by atoms with van der Waals surface area (Å²) >= 11 is 0. The molecule has 1 atom stereocenters. The summed E-state index contributed by atoms with van der Waals surface area (Å²) in [6, 6.07) is 0. The van der Waals surface area contributed by atoms with Crippen molar-refractivity contribution < 1.29 is 27.8 Å². The highest BCUT2D eigenvalue weighted by molar-refractivity contribution is 7.46. The maximum atomic E-state index is 11.6. The first-order valence-corrected chi connectivity index (χ1v) is 11.6. The summed E-state index contributed by atoms with van der Waals surface area (Å²) in [4.78, 5) is 23.2. The minimum atomic E-state index is -4.53. The number of hydrogen-bond acceptors (Lipinski definition) is 5. The smallest absolute Gasteiger partial charge is 0.322 e. The standard InChI is InChI=1S/C19H40NO5P/c1-5-6-7-8-9-10-11-12-13-14-15-16-19(21)25-26(22,23)24-18-17-20(2,3)4/h5-18H2,1-4H3. The molecule has 0 saturated heterocycles. The summed E-state index contributed by atoms with van der Waals surface area (Å²) in [5.74, 6) is -0.718. The van der Waals surface area contributed by atoms with E-state index in [-0.39, 0.29) is 13.0 Å². The van der Waals surface area contributed by atoms with E-state index in [0.717, 1.165) is 12.8 Å². The van der Waals surface area contributed by atoms with E-state index in [2.05, 4.69) is 11.4 Å². The van der Waals surface area contributed by atoms with Gasteiger partial charge in [-0.3, -0.25) is 9.36 Å². The Morgan fingerprint density at radius 1 is 0.885 bits per heavy atom. The Labute approximate surface area is 160 Å². The van der Waals surface area contributed by atoms with Crippen molar-refractivity contribution in [1.82, 2.24) is 0 Å². The summed E-state index contributed by atoms with van der Waals surface area (Å²) in [6.45, 7) is 2.75. The van der Waals surface area contributed by atoms with Gasteiger partial charge in [0.05, 0.1) is 21.1 Å². The Bertz CT molecular complexity index is 409. The molecule has 1 unspecified atom stereocenters. The number of unbranched alkanes of at least 4 members (excludes halogenated alkanes) is 10. The number of hydrogen-bond donors (Lipinski definition) is 0. The van der Waals surface area contributed by atoms with E-state index in [9.17, 15) is 14.3 Å². The molecule has 0 aromatic carbocycles. The van der Waals surface area contributed by atoms with Crippen LogP contribution in [0.5, 0.6) is 0 Å². The molecule has 0 aliphatic heterocycles. The Balaban J connectivity index is 3.57. The van der Waals surface area contributed by atoms with Gasteiger partial charge < -0.3 is 18.4 Å². The van der Waals surface area contributed by atoms with Crippen LogP contribution in [0.25, 0.3) is 0 Å². The van der Waals surface area contributed by atoms with Crippen LogP contribution in [0.1, 0.15) is 84.0 Å². The fourth-order valence-corrected chi connectivity index (χ4v) is 3.26. The number of nitrogens with zero attached hydrogens (tertiary/aromatic N) is 1. The number of phosphoric ester groups is 1. The molecule has 6 nitrogen and oxygen atoms in total. The molecule has 7 heteroatoms. The van der Waals surface area contributed by atoms with Gasteiger partial charge in [0.25, 0.3) is 0 Å². The first kappa shape index (κ1) is 25.6. The minimum absolute atomic E-state index is 0.00992. The summed E-state index contributed by atoms with van der Waals surface area (Å²) in [5.41, 5.74) is 0. The molecule has 26 heavy (non-hydrogen) atoms. The molecular formula is C19H40NO5P. The predicted octanol–water partition coefficient (Wildman–Crippen LogP) is 4.42. The van der Waals surface area contributed by atoms with Crippen LogP contribution in [0, 0.1) is 0 Å². The molecule has 0 saturated carbocycles. The van der Waals surface area contributed by atoms with Gasteiger partial charge in [0, 0.05) is 6.42 Å². The van der Waals surface area contributed by atoms with Crippen LogP contribution in [0.3, 0.4) is 0 Å². The second-order valence-corrected chi connectivity index (χ2v) is 9.38. The van der Waals surface area contributed by atoms with Crippen molar-refractivity contribution in [1.29, 1.82) is 0 Å². The maximum absolute atomic E-state index is 11.6. The molecule has 0 rings (SSSR count). The van der Waals surface area contributed by atoms with Crippen molar-refractivity contribution in [2.24, 2.45) is 0 Å². The van der Waals surface area contributed by atoms with Crippen molar-refractivity contribution >= 4 is 13.8 Å². The van der Waals surface area contributed by atoms with Crippen LogP contribution in [0.4, 0.5) is 0 Å². The van der Waals surface area contributed by atoms with Crippen molar-refractivity contribution in [2.75, 3.05) is 34.3 Å². The number of phosphoric acid groups is 1. The van der Waals surface area contributed by atoms with Crippen LogP contribution < -0.4 is 4.89 Å². The number of carbonyl (C=O) groups excluding carboxylic acids is 1. The highest BCUT2D eigenvalue weighted by Gasteiger charge is 2.17. The third-order valence-electron chi connectivity index (χ3n) is 4.21. The van der Waals surface area contributed by atoms with Gasteiger partial charge in [-0.1, -0.05) is 71.1 Å². The van der Waals surface area contributed by atoms with Crippen LogP contribution in [0.2, 0.25) is 0 Å². The van der Waals surface area contributed by atoms with Crippen molar-refractivity contribution in [2.45, 2.75) is 84.0 Å². The summed E-state index contributed by atoms with van der Waals surface area (Å²) < 4.78 is 21.4. The number of rotatable bonds is 17. The Morgan fingerprint density at radius 3 is 1.81 bits per heavy atom. The van der Waals surface area contributed by atoms with Gasteiger partial charge in [0.2, 0.25) is 0 Å². The molecule has 156 valence electrons. The molecule has 0 spiro atoms. The first-order valence-electron chi connectivity index (χ1n) is 10.1. The molecule has 0 fully saturated rings. The fourth-order valence-electron chi connectivity index (χ4n) is 2.56. The molecule has 0 aromatic rings. The molecule has 0 aliphatic rings. The van der Waals surface area contributed by atoms with E-state index < -0.39 is 13.8 Å². The molecule has 0 heterocycles. The lowest BCUT2D eigenvalue weighted by atomic mass is 10.1. The highest BCUT2D eigenvalue weighted by Crippen LogP contribution is 2.38. The fraction of sp³-hybridized carbons (Fsp3) is 0.947. The summed E-state index contributed by atoms with van der Waals surface area (Å²) in [6.07, 6.45) is 13.1. The van der Waals surface area contributed by atoms with Crippen LogP contribution in [0.15, 0.2) is 0 Å². The SMILES string of the molecule is CCCCCCCCCCCCCC(=O)OP(=O)([O-])OCC[N+](C)(C)C. The molecule has 0 aliphatic carbocycles. The second kappa shape index (κ2) is 14.6. The highest BCUT2D eigenvalue weighted by atomic mass is 31.2. The van der Waals surface area contributed by atoms with E-state index in [1.165, 1.54) is 51.4 Å². The Kier molecular flexibility index (Phi) is 14.4. The molecule has 0 radical (unpaired) electrons. The van der Waals surface area contributed by atoms with Gasteiger partial charge in [-0.05, 0) is 6.42 Å². The third kappa shape index (κ3) is 18.4. The lowest BCUT2D eigenvalue weighted by molar-refractivity contribution is -0.870. The van der Waals surface area contributed by atoms with E-state index in [4.69, 9.17) is 4.52 Å². The lowest BCUT2D eigenvalue weighted by Gasteiger charge is -2.26. The van der Waals surface area contributed by atoms with Gasteiger partial charge in [-0.15, -0.1) is 0 Å². The monoisotopic (exact) mass is 393 g/mol. The van der Waals surface area contributed by atoms with Gasteiger partial charge in [0.1, 0.15) is 13.2 Å². The molecule has 0 bridgehead atoms. The van der Waals surface area contributed by atoms with Gasteiger partial charge >= 0.3 is 13.8 Å². The minimum Gasteiger partial charge on any atom is -0.746 e. The van der Waals surface area contributed by atoms with Crippen molar-refractivity contribution in [3.63, 3.8) is 0 Å². The maximum Gasteiger partial charge on any atom is 0.322 e. The lowest BCUT2D eigenvalue weighted by Crippen LogP contribution is -2.37. The summed E-state index contributed by atoms with van der Waals surface area (Å²) in [5, 5.41) is 0. The average Bonchev–Trinajstić information content (AvgIpc) is 2.50. The largest absolute Gasteiger partial charge is 0.746 e. The zero-order valence-corrected chi connectivity index (χ0v) is 18.2. The van der Waals surface area contributed by atoms with E-state index in [1.54, 1.807) is 0 Å². The number of carbonyl (C=O) groups is 1.